The Morgan fingerprint density at radius 3 is 2.79 bits per heavy atom. The van der Waals surface area contributed by atoms with E-state index in [2.05, 4.69) is 0 Å². The lowest BCUT2D eigenvalue weighted by Crippen LogP contribution is -2.22. The van der Waals surface area contributed by atoms with Crippen LogP contribution in [0.1, 0.15) is 25.7 Å². The first-order valence-electron chi connectivity index (χ1n) is 4.86. The maximum atomic E-state index is 10.5. The molecule has 0 spiro atoms. The summed E-state index contributed by atoms with van der Waals surface area (Å²) in [6.45, 7) is 1.08. The molecule has 2 N–H and O–H groups in total. The van der Waals surface area contributed by atoms with E-state index in [-0.39, 0.29) is 12.5 Å². The van der Waals surface area contributed by atoms with Crippen molar-refractivity contribution in [2.24, 2.45) is 0 Å². The third-order valence-electron chi connectivity index (χ3n) is 2.04. The minimum Gasteiger partial charge on any atom is -0.353 e. The van der Waals surface area contributed by atoms with E-state index in [1.165, 1.54) is 0 Å². The van der Waals surface area contributed by atoms with Crippen LogP contribution in [0.3, 0.4) is 0 Å². The van der Waals surface area contributed by atoms with E-state index in [9.17, 15) is 4.57 Å². The zero-order chi connectivity index (χ0) is 10.4. The molecule has 0 amide bonds. The van der Waals surface area contributed by atoms with Crippen LogP contribution in [-0.4, -0.2) is 35.5 Å². The molecule has 0 radical (unpaired) electrons. The van der Waals surface area contributed by atoms with Crippen LogP contribution >= 0.6 is 7.60 Å². The van der Waals surface area contributed by atoms with Crippen LogP contribution in [0.5, 0.6) is 0 Å². The number of rotatable bonds is 5. The Bertz CT molecular complexity index is 196. The van der Waals surface area contributed by atoms with Crippen molar-refractivity contribution in [2.45, 2.75) is 32.0 Å². The van der Waals surface area contributed by atoms with E-state index in [1.54, 1.807) is 0 Å². The summed E-state index contributed by atoms with van der Waals surface area (Å²) >= 11 is 0. The highest BCUT2D eigenvalue weighted by Gasteiger charge is 2.15. The summed E-state index contributed by atoms with van der Waals surface area (Å²) in [6, 6.07) is 0. The Balaban J connectivity index is 2.00. The molecule has 0 aromatic carbocycles. The highest BCUT2D eigenvalue weighted by Crippen LogP contribution is 2.34. The van der Waals surface area contributed by atoms with Gasteiger partial charge in [-0.3, -0.25) is 4.57 Å². The minimum atomic E-state index is -3.86. The molecule has 0 aromatic heterocycles. The molecule has 0 aliphatic carbocycles. The molecular weight excluding hydrogens is 207 g/mol. The molecule has 0 bridgehead atoms. The van der Waals surface area contributed by atoms with E-state index in [0.29, 0.717) is 13.0 Å². The van der Waals surface area contributed by atoms with Crippen LogP contribution < -0.4 is 0 Å². The van der Waals surface area contributed by atoms with Crippen molar-refractivity contribution in [2.75, 3.05) is 19.4 Å². The summed E-state index contributed by atoms with van der Waals surface area (Å²) in [5, 5.41) is 0. The molecule has 14 heavy (non-hydrogen) atoms. The van der Waals surface area contributed by atoms with Crippen molar-refractivity contribution in [3.8, 4) is 0 Å². The molecule has 1 rings (SSSR count). The topological polar surface area (TPSA) is 76.0 Å². The highest BCUT2D eigenvalue weighted by molar-refractivity contribution is 7.51. The molecule has 5 nitrogen and oxygen atoms in total. The van der Waals surface area contributed by atoms with Gasteiger partial charge in [0, 0.05) is 6.61 Å². The second-order valence-electron chi connectivity index (χ2n) is 3.41. The zero-order valence-corrected chi connectivity index (χ0v) is 8.99. The maximum Gasteiger partial charge on any atom is 0.325 e. The second-order valence-corrected chi connectivity index (χ2v) is 5.19. The normalized spacial score (nSPS) is 23.7. The molecule has 1 unspecified atom stereocenters. The van der Waals surface area contributed by atoms with Gasteiger partial charge in [-0.15, -0.1) is 0 Å². The third kappa shape index (κ3) is 5.73. The summed E-state index contributed by atoms with van der Waals surface area (Å²) in [4.78, 5) is 17.2. The Morgan fingerprint density at radius 2 is 2.21 bits per heavy atom. The first-order valence-corrected chi connectivity index (χ1v) is 6.65. The molecule has 84 valence electrons. The fourth-order valence-corrected chi connectivity index (χ4v) is 1.87. The largest absolute Gasteiger partial charge is 0.353 e. The van der Waals surface area contributed by atoms with Crippen molar-refractivity contribution in [1.29, 1.82) is 0 Å². The minimum absolute atomic E-state index is 0.111. The summed E-state index contributed by atoms with van der Waals surface area (Å²) in [5.41, 5.74) is 0. The van der Waals surface area contributed by atoms with Gasteiger partial charge in [-0.05, 0) is 25.7 Å². The average molecular weight is 224 g/mol. The first kappa shape index (κ1) is 12.1. The van der Waals surface area contributed by atoms with Crippen LogP contribution in [-0.2, 0) is 14.0 Å². The molecule has 0 aromatic rings. The van der Waals surface area contributed by atoms with Crippen LogP contribution in [0.2, 0.25) is 0 Å². The number of ether oxygens (including phenoxy) is 2. The maximum absolute atomic E-state index is 10.5. The van der Waals surface area contributed by atoms with Gasteiger partial charge in [0.1, 0.15) is 0 Å². The SMILES string of the molecule is O=P(O)(O)CCCOC1CCCCO1. The van der Waals surface area contributed by atoms with Gasteiger partial charge in [-0.25, -0.2) is 0 Å². The predicted molar refractivity (Wildman–Crippen MR) is 51.1 cm³/mol. The van der Waals surface area contributed by atoms with Gasteiger partial charge in [0.25, 0.3) is 0 Å². The summed E-state index contributed by atoms with van der Waals surface area (Å²) in [5.74, 6) is 0. The lowest BCUT2D eigenvalue weighted by atomic mass is 10.2. The second kappa shape index (κ2) is 5.83. The fraction of sp³-hybridized carbons (Fsp3) is 1.00. The summed E-state index contributed by atoms with van der Waals surface area (Å²) in [7, 11) is -3.86. The van der Waals surface area contributed by atoms with Gasteiger partial charge >= 0.3 is 7.60 Å². The standard InChI is InChI=1S/C8H17O5P/c9-14(10,11)7-3-6-13-8-4-1-2-5-12-8/h8H,1-7H2,(H2,9,10,11). The number of hydrogen-bond acceptors (Lipinski definition) is 3. The highest BCUT2D eigenvalue weighted by atomic mass is 31.2. The lowest BCUT2D eigenvalue weighted by molar-refractivity contribution is -0.162. The van der Waals surface area contributed by atoms with Gasteiger partial charge in [0.2, 0.25) is 0 Å². The molecule has 1 aliphatic rings. The van der Waals surface area contributed by atoms with E-state index in [0.717, 1.165) is 25.9 Å². The monoisotopic (exact) mass is 224 g/mol. The van der Waals surface area contributed by atoms with Gasteiger partial charge in [-0.1, -0.05) is 0 Å². The van der Waals surface area contributed by atoms with E-state index < -0.39 is 7.60 Å². The van der Waals surface area contributed by atoms with Gasteiger partial charge in [-0.2, -0.15) is 0 Å². The zero-order valence-electron chi connectivity index (χ0n) is 8.09. The van der Waals surface area contributed by atoms with Crippen LogP contribution in [0.25, 0.3) is 0 Å². The Labute approximate surface area is 83.6 Å². The van der Waals surface area contributed by atoms with Crippen LogP contribution in [0, 0.1) is 0 Å². The molecule has 6 heteroatoms. The van der Waals surface area contributed by atoms with Crippen LogP contribution in [0.4, 0.5) is 0 Å². The fourth-order valence-electron chi connectivity index (χ4n) is 1.33. The molecule has 1 atom stereocenters. The Morgan fingerprint density at radius 1 is 1.43 bits per heavy atom. The van der Waals surface area contributed by atoms with Crippen molar-refractivity contribution in [3.05, 3.63) is 0 Å². The van der Waals surface area contributed by atoms with Crippen LogP contribution in [0.15, 0.2) is 0 Å². The first-order chi connectivity index (χ1) is 6.58. The predicted octanol–water partition coefficient (Wildman–Crippen LogP) is 1.10. The quantitative estimate of drug-likeness (QED) is 0.540. The van der Waals surface area contributed by atoms with Gasteiger partial charge < -0.3 is 19.3 Å². The average Bonchev–Trinajstić information content (AvgIpc) is 2.13. The molecule has 1 aliphatic heterocycles. The van der Waals surface area contributed by atoms with Gasteiger partial charge in [0.05, 0.1) is 12.8 Å². The molecule has 1 saturated heterocycles. The van der Waals surface area contributed by atoms with E-state index in [4.69, 9.17) is 19.3 Å². The Kier molecular flexibility index (Phi) is 5.06. The smallest absolute Gasteiger partial charge is 0.325 e. The molecule has 1 heterocycles. The number of hydrogen-bond donors (Lipinski definition) is 2. The lowest BCUT2D eigenvalue weighted by Gasteiger charge is -2.22. The molecule has 1 fully saturated rings. The van der Waals surface area contributed by atoms with E-state index in [1.807, 2.05) is 0 Å². The molecule has 0 saturated carbocycles. The van der Waals surface area contributed by atoms with Crippen molar-refractivity contribution in [1.82, 2.24) is 0 Å². The Hall–Kier alpha value is 0.0700. The van der Waals surface area contributed by atoms with Crippen molar-refractivity contribution < 1.29 is 23.8 Å². The van der Waals surface area contributed by atoms with Gasteiger partial charge in [0.15, 0.2) is 6.29 Å². The third-order valence-corrected chi connectivity index (χ3v) is 2.93. The molecular formula is C8H17O5P. The summed E-state index contributed by atoms with van der Waals surface area (Å²) in [6.07, 6.45) is 3.16. The van der Waals surface area contributed by atoms with Crippen molar-refractivity contribution in [3.63, 3.8) is 0 Å². The van der Waals surface area contributed by atoms with E-state index >= 15 is 0 Å². The van der Waals surface area contributed by atoms with Crippen molar-refractivity contribution >= 4 is 7.60 Å². The summed E-state index contributed by atoms with van der Waals surface area (Å²) < 4.78 is 21.1.